The summed E-state index contributed by atoms with van der Waals surface area (Å²) < 4.78 is 24.9. The van der Waals surface area contributed by atoms with E-state index in [0.717, 1.165) is 17.8 Å². The van der Waals surface area contributed by atoms with Gasteiger partial charge in [-0.25, -0.2) is 12.7 Å². The highest BCUT2D eigenvalue weighted by Crippen LogP contribution is 2.37. The van der Waals surface area contributed by atoms with Gasteiger partial charge in [0.2, 0.25) is 15.9 Å². The van der Waals surface area contributed by atoms with Crippen LogP contribution in [0.25, 0.3) is 0 Å². The number of carbonyl (C=O) groups excluding carboxylic acids is 1. The molecule has 1 fully saturated rings. The molecule has 0 atom stereocenters. The lowest BCUT2D eigenvalue weighted by Crippen LogP contribution is -2.29. The lowest BCUT2D eigenvalue weighted by Gasteiger charge is -2.13. The maximum Gasteiger partial charge on any atom is 0.226 e. The van der Waals surface area contributed by atoms with Crippen molar-refractivity contribution in [1.82, 2.24) is 4.31 Å². The fraction of sp³-hybridized carbons (Fsp3) is 0.667. The number of sulfonamides is 1. The summed E-state index contributed by atoms with van der Waals surface area (Å²) >= 11 is 1.68. The molecule has 5 nitrogen and oxygen atoms in total. The summed E-state index contributed by atoms with van der Waals surface area (Å²) in [6.45, 7) is 2.90. The van der Waals surface area contributed by atoms with Gasteiger partial charge in [0.05, 0.1) is 10.8 Å². The second-order valence-electron chi connectivity index (χ2n) is 6.03. The van der Waals surface area contributed by atoms with Crippen molar-refractivity contribution in [3.8, 4) is 0 Å². The second-order valence-corrected chi connectivity index (χ2v) is 9.23. The van der Waals surface area contributed by atoms with E-state index in [1.165, 1.54) is 33.2 Å². The minimum absolute atomic E-state index is 0.0937. The fourth-order valence-corrected chi connectivity index (χ4v) is 6.04. The first-order chi connectivity index (χ1) is 10.5. The number of carbonyl (C=O) groups is 1. The van der Waals surface area contributed by atoms with Crippen molar-refractivity contribution in [2.45, 2.75) is 45.4 Å². The van der Waals surface area contributed by atoms with Crippen LogP contribution in [0.15, 0.2) is 0 Å². The third-order valence-electron chi connectivity index (χ3n) is 4.48. The highest BCUT2D eigenvalue weighted by atomic mass is 32.2. The minimum atomic E-state index is -3.11. The van der Waals surface area contributed by atoms with Crippen LogP contribution in [0, 0.1) is 6.92 Å². The Morgan fingerprint density at radius 2 is 2.05 bits per heavy atom. The summed E-state index contributed by atoms with van der Waals surface area (Å²) in [5.74, 6) is 0.120. The Morgan fingerprint density at radius 1 is 1.27 bits per heavy atom. The molecular formula is C15H22N2O3S2. The van der Waals surface area contributed by atoms with Crippen molar-refractivity contribution in [3.63, 3.8) is 0 Å². The lowest BCUT2D eigenvalue weighted by atomic mass is 9.96. The second kappa shape index (κ2) is 6.29. The monoisotopic (exact) mass is 342 g/mol. The number of fused-ring (bicyclic) bond motifs is 1. The Bertz CT molecular complexity index is 679. The van der Waals surface area contributed by atoms with Gasteiger partial charge >= 0.3 is 0 Å². The predicted octanol–water partition coefficient (Wildman–Crippen LogP) is 2.30. The van der Waals surface area contributed by atoms with Crippen LogP contribution in [0.3, 0.4) is 0 Å². The van der Waals surface area contributed by atoms with E-state index >= 15 is 0 Å². The fourth-order valence-electron chi connectivity index (χ4n) is 3.20. The Morgan fingerprint density at radius 3 is 2.73 bits per heavy atom. The van der Waals surface area contributed by atoms with E-state index in [0.29, 0.717) is 13.0 Å². The molecule has 1 aromatic rings. The molecular weight excluding hydrogens is 320 g/mol. The number of thiophene rings is 1. The van der Waals surface area contributed by atoms with E-state index < -0.39 is 10.0 Å². The van der Waals surface area contributed by atoms with Crippen LogP contribution in [0.1, 0.15) is 41.7 Å². The molecule has 1 aromatic heterocycles. The Balaban J connectivity index is 1.59. The van der Waals surface area contributed by atoms with Gasteiger partial charge in [0.1, 0.15) is 0 Å². The van der Waals surface area contributed by atoms with Gasteiger partial charge in [-0.15, -0.1) is 11.3 Å². The minimum Gasteiger partial charge on any atom is -0.317 e. The SMILES string of the molecule is Cc1c(NC(=O)CCN2CCCS2(=O)=O)sc2c1CCCC2. The molecule has 1 saturated heterocycles. The number of anilines is 1. The molecule has 7 heteroatoms. The third kappa shape index (κ3) is 3.21. The number of rotatable bonds is 4. The number of aryl methyl sites for hydroxylation is 1. The van der Waals surface area contributed by atoms with Crippen molar-refractivity contribution in [3.05, 3.63) is 16.0 Å². The lowest BCUT2D eigenvalue weighted by molar-refractivity contribution is -0.116. The molecule has 122 valence electrons. The van der Waals surface area contributed by atoms with Gasteiger partial charge in [-0.05, 0) is 50.2 Å². The van der Waals surface area contributed by atoms with Gasteiger partial charge in [0.15, 0.2) is 0 Å². The number of hydrogen-bond donors (Lipinski definition) is 1. The van der Waals surface area contributed by atoms with Crippen LogP contribution < -0.4 is 5.32 Å². The van der Waals surface area contributed by atoms with Crippen LogP contribution >= 0.6 is 11.3 Å². The molecule has 0 bridgehead atoms. The van der Waals surface area contributed by atoms with E-state index in [2.05, 4.69) is 12.2 Å². The summed E-state index contributed by atoms with van der Waals surface area (Å²) in [6, 6.07) is 0. The molecule has 0 spiro atoms. The van der Waals surface area contributed by atoms with Gasteiger partial charge in [-0.2, -0.15) is 0 Å². The standard InChI is InChI=1S/C15H22N2O3S2/c1-11-12-5-2-3-6-13(12)21-15(11)16-14(18)7-9-17-8-4-10-22(17,19)20/h2-10H2,1H3,(H,16,18). The normalized spacial score (nSPS) is 20.8. The van der Waals surface area contributed by atoms with Crippen molar-refractivity contribution in [2.24, 2.45) is 0 Å². The highest BCUT2D eigenvalue weighted by molar-refractivity contribution is 7.89. The van der Waals surface area contributed by atoms with Crippen LogP contribution in [-0.4, -0.2) is 37.5 Å². The molecule has 1 aliphatic carbocycles. The van der Waals surface area contributed by atoms with Gasteiger partial charge in [-0.1, -0.05) is 0 Å². The zero-order valence-corrected chi connectivity index (χ0v) is 14.5. The molecule has 2 aliphatic rings. The summed E-state index contributed by atoms with van der Waals surface area (Å²) in [7, 11) is -3.11. The Hall–Kier alpha value is -0.920. The topological polar surface area (TPSA) is 66.5 Å². The first kappa shape index (κ1) is 16.0. The Labute approximate surface area is 135 Å². The van der Waals surface area contributed by atoms with E-state index in [-0.39, 0.29) is 24.6 Å². The van der Waals surface area contributed by atoms with E-state index in [4.69, 9.17) is 0 Å². The molecule has 3 rings (SSSR count). The predicted molar refractivity (Wildman–Crippen MR) is 88.9 cm³/mol. The largest absolute Gasteiger partial charge is 0.317 e. The molecule has 1 aliphatic heterocycles. The van der Waals surface area contributed by atoms with E-state index in [1.807, 2.05) is 0 Å². The maximum atomic E-state index is 12.1. The number of nitrogens with zero attached hydrogens (tertiary/aromatic N) is 1. The smallest absolute Gasteiger partial charge is 0.226 e. The molecule has 2 heterocycles. The third-order valence-corrected chi connectivity index (χ3v) is 7.75. The first-order valence-corrected chi connectivity index (χ1v) is 10.3. The zero-order chi connectivity index (χ0) is 15.7. The summed E-state index contributed by atoms with van der Waals surface area (Å²) in [4.78, 5) is 13.5. The van der Waals surface area contributed by atoms with Crippen molar-refractivity contribution < 1.29 is 13.2 Å². The Kier molecular flexibility index (Phi) is 4.56. The van der Waals surface area contributed by atoms with Crippen molar-refractivity contribution >= 4 is 32.3 Å². The molecule has 0 unspecified atom stereocenters. The summed E-state index contributed by atoms with van der Waals surface area (Å²) in [5.41, 5.74) is 2.61. The first-order valence-electron chi connectivity index (χ1n) is 7.86. The van der Waals surface area contributed by atoms with Gasteiger partial charge < -0.3 is 5.32 Å². The van der Waals surface area contributed by atoms with Crippen molar-refractivity contribution in [2.75, 3.05) is 24.2 Å². The molecule has 22 heavy (non-hydrogen) atoms. The van der Waals surface area contributed by atoms with Crippen LogP contribution in [-0.2, 0) is 27.7 Å². The highest BCUT2D eigenvalue weighted by Gasteiger charge is 2.28. The van der Waals surface area contributed by atoms with Crippen LogP contribution in [0.5, 0.6) is 0 Å². The number of amides is 1. The van der Waals surface area contributed by atoms with Crippen LogP contribution in [0.4, 0.5) is 5.00 Å². The molecule has 0 saturated carbocycles. The van der Waals surface area contributed by atoms with Gasteiger partial charge in [-0.3, -0.25) is 4.79 Å². The molecule has 1 N–H and O–H groups in total. The van der Waals surface area contributed by atoms with Gasteiger partial charge in [0.25, 0.3) is 0 Å². The van der Waals surface area contributed by atoms with Crippen LogP contribution in [0.2, 0.25) is 0 Å². The average molecular weight is 342 g/mol. The van der Waals surface area contributed by atoms with Gasteiger partial charge in [0, 0.05) is 24.4 Å². The number of nitrogens with one attached hydrogen (secondary N) is 1. The molecule has 0 aromatic carbocycles. The summed E-state index contributed by atoms with van der Waals surface area (Å²) in [5, 5.41) is 3.92. The maximum absolute atomic E-state index is 12.1. The van der Waals surface area contributed by atoms with E-state index in [1.54, 1.807) is 11.3 Å². The van der Waals surface area contributed by atoms with E-state index in [9.17, 15) is 13.2 Å². The summed E-state index contributed by atoms with van der Waals surface area (Å²) in [6.07, 6.45) is 5.57. The quantitative estimate of drug-likeness (QED) is 0.913. The molecule has 1 amide bonds. The molecule has 0 radical (unpaired) electrons. The zero-order valence-electron chi connectivity index (χ0n) is 12.9. The van der Waals surface area contributed by atoms with Crippen molar-refractivity contribution in [1.29, 1.82) is 0 Å². The average Bonchev–Trinajstić information content (AvgIpc) is 2.97. The number of hydrogen-bond acceptors (Lipinski definition) is 4.